The number of hydrogen-bond acceptors (Lipinski definition) is 3. The van der Waals surface area contributed by atoms with Crippen LogP contribution in [0.5, 0.6) is 0 Å². The zero-order chi connectivity index (χ0) is 28.6. The van der Waals surface area contributed by atoms with E-state index in [1.165, 1.54) is 49.0 Å². The summed E-state index contributed by atoms with van der Waals surface area (Å²) in [4.78, 5) is 0. The standard InChI is InChI=1S/3C13H10O.As/c3*1-9-5-4-7-11-10-6-2-3-8-12(10)14-13(9)11;/h3*2-8H,1H3;. The van der Waals surface area contributed by atoms with Crippen molar-refractivity contribution in [1.82, 2.24) is 0 Å². The number of aryl methyl sites for hydroxylation is 3. The summed E-state index contributed by atoms with van der Waals surface area (Å²) >= 11 is 0. The molecule has 9 rings (SSSR count). The first-order chi connectivity index (χ1) is 20.6. The van der Waals surface area contributed by atoms with Gasteiger partial charge in [0.2, 0.25) is 0 Å². The monoisotopic (exact) mass is 621 g/mol. The Labute approximate surface area is 261 Å². The molecule has 0 aliphatic carbocycles. The molecule has 0 saturated heterocycles. The molecule has 0 unspecified atom stereocenters. The van der Waals surface area contributed by atoms with Gasteiger partial charge in [-0.3, -0.25) is 0 Å². The van der Waals surface area contributed by atoms with Gasteiger partial charge in [-0.2, -0.15) is 0 Å². The van der Waals surface area contributed by atoms with Crippen LogP contribution in [0.4, 0.5) is 0 Å². The molecular weight excluding hydrogens is 591 g/mol. The normalized spacial score (nSPS) is 11.0. The largest absolute Gasteiger partial charge is 0.456 e. The number of para-hydroxylation sites is 6. The Hall–Kier alpha value is -4.72. The van der Waals surface area contributed by atoms with Crippen molar-refractivity contribution < 1.29 is 13.3 Å². The molecule has 3 heterocycles. The van der Waals surface area contributed by atoms with E-state index in [4.69, 9.17) is 13.3 Å². The van der Waals surface area contributed by atoms with Crippen LogP contribution in [0.15, 0.2) is 141 Å². The molecule has 3 aromatic heterocycles. The summed E-state index contributed by atoms with van der Waals surface area (Å²) in [6.07, 6.45) is 0. The summed E-state index contributed by atoms with van der Waals surface area (Å²) in [5.41, 5.74) is 9.51. The van der Waals surface area contributed by atoms with Gasteiger partial charge < -0.3 is 13.3 Å². The summed E-state index contributed by atoms with van der Waals surface area (Å²) in [6, 6.07) is 43.2. The molecular formula is C39H30AsO3. The minimum atomic E-state index is 0. The molecule has 0 aliphatic rings. The van der Waals surface area contributed by atoms with Crippen LogP contribution < -0.4 is 0 Å². The molecule has 3 nitrogen and oxygen atoms in total. The van der Waals surface area contributed by atoms with E-state index >= 15 is 0 Å². The zero-order valence-corrected chi connectivity index (χ0v) is 26.2. The Kier molecular flexibility index (Phi) is 7.84. The minimum absolute atomic E-state index is 0. The van der Waals surface area contributed by atoms with E-state index in [2.05, 4.69) is 93.6 Å². The van der Waals surface area contributed by atoms with Gasteiger partial charge in [0.15, 0.2) is 0 Å². The zero-order valence-electron chi connectivity index (χ0n) is 24.3. The van der Waals surface area contributed by atoms with Crippen LogP contribution in [0.25, 0.3) is 65.8 Å². The molecule has 0 bridgehead atoms. The summed E-state index contributed by atoms with van der Waals surface area (Å²) in [5.74, 6) is 0. The Bertz CT molecular complexity index is 2090. The Morgan fingerprint density at radius 2 is 0.558 bits per heavy atom. The molecule has 4 heteroatoms. The van der Waals surface area contributed by atoms with Crippen LogP contribution >= 0.6 is 0 Å². The Morgan fingerprint density at radius 3 is 0.860 bits per heavy atom. The van der Waals surface area contributed by atoms with E-state index in [1.54, 1.807) is 0 Å². The maximum Gasteiger partial charge on any atom is 0.138 e. The second-order valence-electron chi connectivity index (χ2n) is 10.6. The smallest absolute Gasteiger partial charge is 0.138 e. The van der Waals surface area contributed by atoms with Gasteiger partial charge in [0.1, 0.15) is 33.5 Å². The van der Waals surface area contributed by atoms with Crippen molar-refractivity contribution in [3.8, 4) is 0 Å². The van der Waals surface area contributed by atoms with E-state index in [1.807, 2.05) is 54.6 Å². The van der Waals surface area contributed by atoms with Gasteiger partial charge in [-0.15, -0.1) is 0 Å². The summed E-state index contributed by atoms with van der Waals surface area (Å²) in [7, 11) is 0. The summed E-state index contributed by atoms with van der Waals surface area (Å²) in [6.45, 7) is 6.22. The van der Waals surface area contributed by atoms with Crippen LogP contribution in [0.3, 0.4) is 0 Å². The molecule has 0 saturated carbocycles. The molecule has 6 aromatic carbocycles. The second kappa shape index (κ2) is 11.9. The van der Waals surface area contributed by atoms with Gasteiger partial charge in [0, 0.05) is 50.3 Å². The Balaban J connectivity index is 0.000000113. The van der Waals surface area contributed by atoms with Gasteiger partial charge in [0.25, 0.3) is 0 Å². The average molecular weight is 622 g/mol. The molecule has 0 spiro atoms. The van der Waals surface area contributed by atoms with Gasteiger partial charge >= 0.3 is 0 Å². The molecule has 0 aliphatic heterocycles. The van der Waals surface area contributed by atoms with E-state index in [9.17, 15) is 0 Å². The molecule has 43 heavy (non-hydrogen) atoms. The van der Waals surface area contributed by atoms with Gasteiger partial charge in [-0.05, 0) is 55.7 Å². The van der Waals surface area contributed by atoms with E-state index in [-0.39, 0.29) is 18.0 Å². The predicted octanol–water partition coefficient (Wildman–Crippen LogP) is 11.3. The van der Waals surface area contributed by atoms with Gasteiger partial charge in [0.05, 0.1) is 0 Å². The van der Waals surface area contributed by atoms with Crippen molar-refractivity contribution in [2.75, 3.05) is 0 Å². The third-order valence-corrected chi connectivity index (χ3v) is 7.80. The fourth-order valence-corrected chi connectivity index (χ4v) is 5.66. The fourth-order valence-electron chi connectivity index (χ4n) is 5.66. The number of furan rings is 3. The van der Waals surface area contributed by atoms with E-state index in [0.29, 0.717) is 0 Å². The first-order valence-corrected chi connectivity index (χ1v) is 14.2. The number of fused-ring (bicyclic) bond motifs is 9. The quantitative estimate of drug-likeness (QED) is 0.158. The van der Waals surface area contributed by atoms with Crippen molar-refractivity contribution in [1.29, 1.82) is 0 Å². The van der Waals surface area contributed by atoms with Crippen LogP contribution in [0, 0.1) is 20.8 Å². The third-order valence-electron chi connectivity index (χ3n) is 7.80. The topological polar surface area (TPSA) is 39.4 Å². The third kappa shape index (κ3) is 5.22. The van der Waals surface area contributed by atoms with Crippen LogP contribution in [0.2, 0.25) is 0 Å². The fraction of sp³-hybridized carbons (Fsp3) is 0.0769. The molecule has 209 valence electrons. The van der Waals surface area contributed by atoms with Gasteiger partial charge in [-0.1, -0.05) is 109 Å². The maximum absolute atomic E-state index is 5.78. The van der Waals surface area contributed by atoms with Crippen molar-refractivity contribution in [2.45, 2.75) is 20.8 Å². The number of hydrogen-bond donors (Lipinski definition) is 0. The maximum atomic E-state index is 5.78. The minimum Gasteiger partial charge on any atom is -0.456 e. The van der Waals surface area contributed by atoms with E-state index < -0.39 is 0 Å². The summed E-state index contributed by atoms with van der Waals surface area (Å²) in [5, 5.41) is 7.23. The second-order valence-corrected chi connectivity index (χ2v) is 10.6. The van der Waals surface area contributed by atoms with Gasteiger partial charge in [-0.25, -0.2) is 0 Å². The number of benzene rings is 6. The van der Waals surface area contributed by atoms with Crippen LogP contribution in [-0.2, 0) is 0 Å². The van der Waals surface area contributed by atoms with Crippen LogP contribution in [-0.4, -0.2) is 18.0 Å². The SMILES string of the molecule is Cc1cccc2c1oc1ccccc12.Cc1cccc2c1oc1ccccc12.Cc1cccc2c1oc1ccccc12.[As]. The number of rotatable bonds is 0. The van der Waals surface area contributed by atoms with Crippen molar-refractivity contribution >= 4 is 83.8 Å². The van der Waals surface area contributed by atoms with Crippen molar-refractivity contribution in [3.05, 3.63) is 144 Å². The molecule has 0 fully saturated rings. The first-order valence-electron chi connectivity index (χ1n) is 14.2. The molecule has 0 atom stereocenters. The summed E-state index contributed by atoms with van der Waals surface area (Å²) < 4.78 is 17.3. The molecule has 0 amide bonds. The molecule has 3 radical (unpaired) electrons. The molecule has 0 N–H and O–H groups in total. The van der Waals surface area contributed by atoms with E-state index in [0.717, 1.165) is 33.5 Å². The molecule has 9 aromatic rings. The Morgan fingerprint density at radius 1 is 0.302 bits per heavy atom. The van der Waals surface area contributed by atoms with Crippen molar-refractivity contribution in [2.24, 2.45) is 0 Å². The first kappa shape index (κ1) is 28.4. The van der Waals surface area contributed by atoms with Crippen LogP contribution in [0.1, 0.15) is 16.7 Å². The predicted molar refractivity (Wildman–Crippen MR) is 181 cm³/mol. The van der Waals surface area contributed by atoms with Crippen molar-refractivity contribution in [3.63, 3.8) is 0 Å². The average Bonchev–Trinajstić information content (AvgIpc) is 3.72.